The molecule has 1 aliphatic heterocycles. The van der Waals surface area contributed by atoms with E-state index < -0.39 is 0 Å². The van der Waals surface area contributed by atoms with Gasteiger partial charge in [0.15, 0.2) is 0 Å². The molecule has 1 fully saturated rings. The van der Waals surface area contributed by atoms with Gasteiger partial charge in [0.05, 0.1) is 6.54 Å². The Balaban J connectivity index is 2.01. The van der Waals surface area contributed by atoms with E-state index in [1.165, 1.54) is 24.9 Å². The van der Waals surface area contributed by atoms with E-state index in [-0.39, 0.29) is 0 Å². The lowest BCUT2D eigenvalue weighted by atomic mass is 10.2. The third-order valence-electron chi connectivity index (χ3n) is 3.49. The van der Waals surface area contributed by atoms with Crippen LogP contribution in [0.3, 0.4) is 0 Å². The molecule has 1 N–H and O–H groups in total. The van der Waals surface area contributed by atoms with E-state index in [1.807, 2.05) is 14.0 Å². The van der Waals surface area contributed by atoms with Gasteiger partial charge in [0.25, 0.3) is 0 Å². The molecule has 0 radical (unpaired) electrons. The van der Waals surface area contributed by atoms with Gasteiger partial charge in [0.2, 0.25) is 0 Å². The van der Waals surface area contributed by atoms with E-state index in [0.29, 0.717) is 6.04 Å². The van der Waals surface area contributed by atoms with Gasteiger partial charge in [-0.2, -0.15) is 0 Å². The summed E-state index contributed by atoms with van der Waals surface area (Å²) in [5.41, 5.74) is 1.28. The molecule has 1 unspecified atom stereocenters. The minimum absolute atomic E-state index is 0.707. The summed E-state index contributed by atoms with van der Waals surface area (Å²) in [5, 5.41) is 3.17. The van der Waals surface area contributed by atoms with Crippen LogP contribution in [0.4, 0.5) is 0 Å². The van der Waals surface area contributed by atoms with E-state index in [1.54, 1.807) is 0 Å². The van der Waals surface area contributed by atoms with Crippen molar-refractivity contribution in [1.82, 2.24) is 10.2 Å². The largest absolute Gasteiger partial charge is 0.465 e. The summed E-state index contributed by atoms with van der Waals surface area (Å²) >= 11 is 0. The maximum absolute atomic E-state index is 5.80. The maximum Gasteiger partial charge on any atom is 0.118 e. The molecule has 1 aliphatic rings. The van der Waals surface area contributed by atoms with Gasteiger partial charge in [0, 0.05) is 18.2 Å². The predicted molar refractivity (Wildman–Crippen MR) is 65.3 cm³/mol. The molecule has 1 aromatic heterocycles. The second-order valence-corrected chi connectivity index (χ2v) is 4.79. The van der Waals surface area contributed by atoms with Crippen LogP contribution in [-0.4, -0.2) is 24.5 Å². The van der Waals surface area contributed by atoms with Crippen molar-refractivity contribution in [3.63, 3.8) is 0 Å². The summed E-state index contributed by atoms with van der Waals surface area (Å²) in [6.07, 6.45) is 2.65. The number of nitrogens with zero attached hydrogens (tertiary/aromatic N) is 1. The van der Waals surface area contributed by atoms with Crippen molar-refractivity contribution in [1.29, 1.82) is 0 Å². The molecule has 3 nitrogen and oxygen atoms in total. The minimum Gasteiger partial charge on any atom is -0.465 e. The highest BCUT2D eigenvalue weighted by Gasteiger charge is 2.21. The molecule has 16 heavy (non-hydrogen) atoms. The van der Waals surface area contributed by atoms with Crippen LogP contribution in [0, 0.1) is 6.92 Å². The minimum atomic E-state index is 0.707. The molecule has 0 bridgehead atoms. The normalized spacial score (nSPS) is 21.8. The molecule has 1 atom stereocenters. The quantitative estimate of drug-likeness (QED) is 0.847. The fourth-order valence-corrected chi connectivity index (χ4v) is 2.46. The van der Waals surface area contributed by atoms with Gasteiger partial charge in [-0.15, -0.1) is 0 Å². The number of likely N-dealkylation sites (tertiary alicyclic amines) is 1. The lowest BCUT2D eigenvalue weighted by Gasteiger charge is -2.19. The topological polar surface area (TPSA) is 28.4 Å². The molecule has 2 rings (SSSR count). The van der Waals surface area contributed by atoms with Gasteiger partial charge < -0.3 is 9.73 Å². The number of rotatable bonds is 4. The predicted octanol–water partition coefficient (Wildman–Crippen LogP) is 2.29. The molecular formula is C13H22N2O. The Morgan fingerprint density at radius 1 is 1.56 bits per heavy atom. The molecule has 3 heteroatoms. The highest BCUT2D eigenvalue weighted by molar-refractivity contribution is 5.20. The van der Waals surface area contributed by atoms with Crippen LogP contribution in [-0.2, 0) is 13.1 Å². The van der Waals surface area contributed by atoms with Gasteiger partial charge in [0.1, 0.15) is 11.5 Å². The summed E-state index contributed by atoms with van der Waals surface area (Å²) in [6, 6.07) is 2.90. The first-order valence-corrected chi connectivity index (χ1v) is 6.17. The number of aryl methyl sites for hydroxylation is 1. The van der Waals surface area contributed by atoms with E-state index >= 15 is 0 Å². The fourth-order valence-electron chi connectivity index (χ4n) is 2.46. The van der Waals surface area contributed by atoms with Gasteiger partial charge in [-0.25, -0.2) is 0 Å². The number of nitrogens with one attached hydrogen (secondary N) is 1. The van der Waals surface area contributed by atoms with Crippen molar-refractivity contribution in [2.24, 2.45) is 0 Å². The first-order valence-electron chi connectivity index (χ1n) is 6.17. The molecular weight excluding hydrogens is 200 g/mol. The van der Waals surface area contributed by atoms with Crippen LogP contribution < -0.4 is 5.32 Å². The Kier molecular flexibility index (Phi) is 3.66. The van der Waals surface area contributed by atoms with E-state index in [2.05, 4.69) is 23.2 Å². The average Bonchev–Trinajstić information content (AvgIpc) is 2.77. The summed E-state index contributed by atoms with van der Waals surface area (Å²) in [6.45, 7) is 7.42. The molecule has 0 saturated carbocycles. The third-order valence-corrected chi connectivity index (χ3v) is 3.49. The van der Waals surface area contributed by atoms with Crippen LogP contribution in [0.5, 0.6) is 0 Å². The zero-order valence-electron chi connectivity index (χ0n) is 10.5. The first kappa shape index (κ1) is 11.7. The van der Waals surface area contributed by atoms with Crippen molar-refractivity contribution in [3.8, 4) is 0 Å². The third kappa shape index (κ3) is 2.47. The number of furan rings is 1. The van der Waals surface area contributed by atoms with E-state index in [0.717, 1.165) is 24.6 Å². The van der Waals surface area contributed by atoms with Gasteiger partial charge in [-0.1, -0.05) is 0 Å². The number of hydrogen-bond acceptors (Lipinski definition) is 3. The Morgan fingerprint density at radius 3 is 3.00 bits per heavy atom. The molecule has 1 saturated heterocycles. The standard InChI is InChI=1S/C13H22N2O/c1-10-5-4-6-15(10)9-13-7-12(8-14-3)11(2)16-13/h7,10,14H,4-6,8-9H2,1-3H3. The van der Waals surface area contributed by atoms with Crippen LogP contribution in [0.15, 0.2) is 10.5 Å². The lowest BCUT2D eigenvalue weighted by Crippen LogP contribution is -2.25. The summed E-state index contributed by atoms with van der Waals surface area (Å²) in [5.74, 6) is 2.16. The maximum atomic E-state index is 5.80. The Bertz CT molecular complexity index is 346. The Labute approximate surface area is 97.8 Å². The monoisotopic (exact) mass is 222 g/mol. The van der Waals surface area contributed by atoms with Gasteiger partial charge in [-0.3, -0.25) is 4.90 Å². The van der Waals surface area contributed by atoms with Crippen LogP contribution in [0.25, 0.3) is 0 Å². The smallest absolute Gasteiger partial charge is 0.118 e. The fraction of sp³-hybridized carbons (Fsp3) is 0.692. The zero-order chi connectivity index (χ0) is 11.5. The molecule has 90 valence electrons. The second kappa shape index (κ2) is 5.02. The summed E-state index contributed by atoms with van der Waals surface area (Å²) in [7, 11) is 1.97. The van der Waals surface area contributed by atoms with Crippen molar-refractivity contribution >= 4 is 0 Å². The average molecular weight is 222 g/mol. The molecule has 2 heterocycles. The van der Waals surface area contributed by atoms with Crippen LogP contribution >= 0.6 is 0 Å². The summed E-state index contributed by atoms with van der Waals surface area (Å²) < 4.78 is 5.80. The van der Waals surface area contributed by atoms with Gasteiger partial charge >= 0.3 is 0 Å². The lowest BCUT2D eigenvalue weighted by molar-refractivity contribution is 0.237. The first-order chi connectivity index (χ1) is 7.70. The van der Waals surface area contributed by atoms with Crippen LogP contribution in [0.1, 0.15) is 36.8 Å². The number of hydrogen-bond donors (Lipinski definition) is 1. The second-order valence-electron chi connectivity index (χ2n) is 4.79. The highest BCUT2D eigenvalue weighted by Crippen LogP contribution is 2.22. The highest BCUT2D eigenvalue weighted by atomic mass is 16.3. The molecule has 0 aromatic carbocycles. The molecule has 0 aliphatic carbocycles. The van der Waals surface area contributed by atoms with Crippen molar-refractivity contribution in [3.05, 3.63) is 23.2 Å². The van der Waals surface area contributed by atoms with E-state index in [4.69, 9.17) is 4.42 Å². The van der Waals surface area contributed by atoms with Crippen molar-refractivity contribution < 1.29 is 4.42 Å². The summed E-state index contributed by atoms with van der Waals surface area (Å²) in [4.78, 5) is 2.50. The van der Waals surface area contributed by atoms with Crippen molar-refractivity contribution in [2.75, 3.05) is 13.6 Å². The molecule has 0 amide bonds. The zero-order valence-corrected chi connectivity index (χ0v) is 10.5. The Morgan fingerprint density at radius 2 is 2.38 bits per heavy atom. The SMILES string of the molecule is CNCc1cc(CN2CCCC2C)oc1C. The molecule has 1 aromatic rings. The molecule has 0 spiro atoms. The van der Waals surface area contributed by atoms with E-state index in [9.17, 15) is 0 Å². The van der Waals surface area contributed by atoms with Crippen molar-refractivity contribution in [2.45, 2.75) is 45.8 Å². The van der Waals surface area contributed by atoms with Crippen LogP contribution in [0.2, 0.25) is 0 Å². The Hall–Kier alpha value is -0.800. The van der Waals surface area contributed by atoms with Gasteiger partial charge in [-0.05, 0) is 46.3 Å².